The quantitative estimate of drug-likeness (QED) is 0.344. The zero-order valence-corrected chi connectivity index (χ0v) is 16.4. The van der Waals surface area contributed by atoms with Crippen LogP contribution in [0.25, 0.3) is 0 Å². The molecule has 1 aromatic heterocycles. The Morgan fingerprint density at radius 1 is 1.03 bits per heavy atom. The molecule has 0 aliphatic rings. The second-order valence-corrected chi connectivity index (χ2v) is 6.83. The van der Waals surface area contributed by atoms with Gasteiger partial charge in [-0.3, -0.25) is 24.7 Å². The predicted molar refractivity (Wildman–Crippen MR) is 111 cm³/mol. The summed E-state index contributed by atoms with van der Waals surface area (Å²) >= 11 is 1.31. The van der Waals surface area contributed by atoms with E-state index < -0.39 is 22.6 Å². The third-order valence-electron chi connectivity index (χ3n) is 4.02. The molecule has 30 heavy (non-hydrogen) atoms. The van der Waals surface area contributed by atoms with E-state index in [4.69, 9.17) is 0 Å². The minimum atomic E-state index is -0.809. The van der Waals surface area contributed by atoms with Crippen LogP contribution in [0.15, 0.2) is 65.7 Å². The standard InChI is InChI=1S/C20H15FN4O4S/c1-30-13-6-8-18(25(28)29)14(11-13)19(26)24-17-10-12(21)5-7-15(17)23-20(27)16-4-2-3-9-22-16/h2-11H,1H3,(H,23,27)(H,24,26). The summed E-state index contributed by atoms with van der Waals surface area (Å²) in [5.41, 5.74) is -0.376. The number of carbonyl (C=O) groups excluding carboxylic acids is 2. The zero-order chi connectivity index (χ0) is 21.7. The molecule has 0 atom stereocenters. The molecule has 3 aromatic rings. The van der Waals surface area contributed by atoms with E-state index >= 15 is 0 Å². The zero-order valence-electron chi connectivity index (χ0n) is 15.6. The van der Waals surface area contributed by atoms with Crippen LogP contribution in [-0.4, -0.2) is 28.0 Å². The normalized spacial score (nSPS) is 10.3. The van der Waals surface area contributed by atoms with Crippen molar-refractivity contribution in [3.8, 4) is 0 Å². The van der Waals surface area contributed by atoms with Gasteiger partial charge in [0.2, 0.25) is 0 Å². The lowest BCUT2D eigenvalue weighted by Crippen LogP contribution is -2.18. The number of aromatic nitrogens is 1. The lowest BCUT2D eigenvalue weighted by atomic mass is 10.1. The minimum Gasteiger partial charge on any atom is -0.320 e. The van der Waals surface area contributed by atoms with Gasteiger partial charge in [0.05, 0.1) is 16.3 Å². The third-order valence-corrected chi connectivity index (χ3v) is 4.75. The van der Waals surface area contributed by atoms with Gasteiger partial charge in [0.25, 0.3) is 17.5 Å². The van der Waals surface area contributed by atoms with Crippen LogP contribution in [0.2, 0.25) is 0 Å². The van der Waals surface area contributed by atoms with Crippen molar-refractivity contribution in [3.63, 3.8) is 0 Å². The number of hydrogen-bond donors (Lipinski definition) is 2. The van der Waals surface area contributed by atoms with Crippen molar-refractivity contribution in [2.24, 2.45) is 0 Å². The van der Waals surface area contributed by atoms with Crippen molar-refractivity contribution in [3.05, 3.63) is 88.0 Å². The molecular formula is C20H15FN4O4S. The van der Waals surface area contributed by atoms with Crippen molar-refractivity contribution in [2.75, 3.05) is 16.9 Å². The highest BCUT2D eigenvalue weighted by atomic mass is 32.2. The molecule has 2 aromatic carbocycles. The summed E-state index contributed by atoms with van der Waals surface area (Å²) in [6.07, 6.45) is 3.21. The molecule has 2 amide bonds. The SMILES string of the molecule is CSc1ccc([N+](=O)[O-])c(C(=O)Nc2cc(F)ccc2NC(=O)c2ccccn2)c1. The number of nitrogens with one attached hydrogen (secondary N) is 2. The maximum Gasteiger partial charge on any atom is 0.282 e. The number of hydrogen-bond acceptors (Lipinski definition) is 6. The van der Waals surface area contributed by atoms with Crippen LogP contribution in [0.5, 0.6) is 0 Å². The number of thioether (sulfide) groups is 1. The first kappa shape index (κ1) is 20.9. The Morgan fingerprint density at radius 2 is 1.80 bits per heavy atom. The topological polar surface area (TPSA) is 114 Å². The molecule has 1 heterocycles. The van der Waals surface area contributed by atoms with Crippen LogP contribution >= 0.6 is 11.8 Å². The first-order valence-corrected chi connectivity index (χ1v) is 9.77. The second kappa shape index (κ2) is 9.14. The van der Waals surface area contributed by atoms with Gasteiger partial charge in [0.1, 0.15) is 17.1 Å². The molecule has 0 radical (unpaired) electrons. The molecule has 0 bridgehead atoms. The number of pyridine rings is 1. The summed E-state index contributed by atoms with van der Waals surface area (Å²) in [7, 11) is 0. The summed E-state index contributed by atoms with van der Waals surface area (Å²) in [6.45, 7) is 0. The van der Waals surface area contributed by atoms with Crippen LogP contribution in [-0.2, 0) is 0 Å². The van der Waals surface area contributed by atoms with Crippen molar-refractivity contribution >= 4 is 40.6 Å². The van der Waals surface area contributed by atoms with E-state index in [1.807, 2.05) is 0 Å². The van der Waals surface area contributed by atoms with Crippen LogP contribution in [0, 0.1) is 15.9 Å². The number of halogens is 1. The molecule has 2 N–H and O–H groups in total. The molecular weight excluding hydrogens is 411 g/mol. The second-order valence-electron chi connectivity index (χ2n) is 5.95. The van der Waals surface area contributed by atoms with Gasteiger partial charge >= 0.3 is 0 Å². The molecule has 3 rings (SSSR count). The van der Waals surface area contributed by atoms with Crippen molar-refractivity contribution in [2.45, 2.75) is 4.90 Å². The number of nitrogens with zero attached hydrogens (tertiary/aromatic N) is 2. The Labute approximate surface area is 174 Å². The average Bonchev–Trinajstić information content (AvgIpc) is 2.75. The van der Waals surface area contributed by atoms with Crippen LogP contribution < -0.4 is 10.6 Å². The Kier molecular flexibility index (Phi) is 6.38. The molecule has 0 aliphatic heterocycles. The Morgan fingerprint density at radius 3 is 2.47 bits per heavy atom. The number of rotatable bonds is 6. The Balaban J connectivity index is 1.92. The molecule has 152 valence electrons. The fourth-order valence-corrected chi connectivity index (χ4v) is 3.02. The fraction of sp³-hybridized carbons (Fsp3) is 0.0500. The molecule has 0 aliphatic carbocycles. The highest BCUT2D eigenvalue weighted by Crippen LogP contribution is 2.28. The summed E-state index contributed by atoms with van der Waals surface area (Å²) in [5, 5.41) is 16.3. The highest BCUT2D eigenvalue weighted by Gasteiger charge is 2.22. The maximum atomic E-state index is 13.8. The van der Waals surface area contributed by atoms with E-state index in [-0.39, 0.29) is 28.3 Å². The molecule has 0 saturated carbocycles. The number of anilines is 2. The Bertz CT molecular complexity index is 1130. The number of amides is 2. The smallest absolute Gasteiger partial charge is 0.282 e. The number of benzene rings is 2. The lowest BCUT2D eigenvalue weighted by molar-refractivity contribution is -0.385. The van der Waals surface area contributed by atoms with E-state index in [0.717, 1.165) is 12.1 Å². The highest BCUT2D eigenvalue weighted by molar-refractivity contribution is 7.98. The predicted octanol–water partition coefficient (Wildman–Crippen LogP) is 4.36. The molecule has 0 unspecified atom stereocenters. The van der Waals surface area contributed by atoms with E-state index in [1.165, 1.54) is 48.3 Å². The number of nitro groups is 1. The summed E-state index contributed by atoms with van der Waals surface area (Å²) < 4.78 is 13.8. The molecule has 0 saturated heterocycles. The molecule has 8 nitrogen and oxygen atoms in total. The first-order chi connectivity index (χ1) is 14.4. The average molecular weight is 426 g/mol. The van der Waals surface area contributed by atoms with Gasteiger partial charge in [-0.15, -0.1) is 11.8 Å². The largest absolute Gasteiger partial charge is 0.320 e. The van der Waals surface area contributed by atoms with Crippen LogP contribution in [0.4, 0.5) is 21.5 Å². The number of carbonyl (C=O) groups is 2. The molecule has 0 fully saturated rings. The monoisotopic (exact) mass is 426 g/mol. The van der Waals surface area contributed by atoms with Gasteiger partial charge in [-0.25, -0.2) is 4.39 Å². The van der Waals surface area contributed by atoms with Gasteiger partial charge in [-0.05, 0) is 48.7 Å². The van der Waals surface area contributed by atoms with Gasteiger partial charge in [-0.2, -0.15) is 0 Å². The molecule has 0 spiro atoms. The first-order valence-electron chi connectivity index (χ1n) is 8.54. The van der Waals surface area contributed by atoms with Gasteiger partial charge < -0.3 is 10.6 Å². The lowest BCUT2D eigenvalue weighted by Gasteiger charge is -2.13. The van der Waals surface area contributed by atoms with Crippen LogP contribution in [0.3, 0.4) is 0 Å². The van der Waals surface area contributed by atoms with Crippen LogP contribution in [0.1, 0.15) is 20.8 Å². The van der Waals surface area contributed by atoms with E-state index in [0.29, 0.717) is 4.90 Å². The van der Waals surface area contributed by atoms with E-state index in [9.17, 15) is 24.1 Å². The third kappa shape index (κ3) is 4.78. The van der Waals surface area contributed by atoms with Gasteiger partial charge in [0.15, 0.2) is 0 Å². The van der Waals surface area contributed by atoms with Gasteiger partial charge in [-0.1, -0.05) is 6.07 Å². The summed E-state index contributed by atoms with van der Waals surface area (Å²) in [5.74, 6) is -2.03. The van der Waals surface area contributed by atoms with Crippen molar-refractivity contribution in [1.82, 2.24) is 4.98 Å². The van der Waals surface area contributed by atoms with Gasteiger partial charge in [0, 0.05) is 17.2 Å². The number of nitro benzene ring substituents is 1. The fourth-order valence-electron chi connectivity index (χ4n) is 2.59. The minimum absolute atomic E-state index is 0.0480. The van der Waals surface area contributed by atoms with E-state index in [1.54, 1.807) is 18.4 Å². The summed E-state index contributed by atoms with van der Waals surface area (Å²) in [4.78, 5) is 40.3. The maximum absolute atomic E-state index is 13.8. The van der Waals surface area contributed by atoms with Crippen molar-refractivity contribution < 1.29 is 18.9 Å². The Hall–Kier alpha value is -3.79. The van der Waals surface area contributed by atoms with Crippen molar-refractivity contribution in [1.29, 1.82) is 0 Å². The summed E-state index contributed by atoms with van der Waals surface area (Å²) in [6, 6.07) is 12.3. The van der Waals surface area contributed by atoms with E-state index in [2.05, 4.69) is 15.6 Å². The molecule has 10 heteroatoms.